The molecule has 2 rings (SSSR count). The first kappa shape index (κ1) is 9.93. The lowest BCUT2D eigenvalue weighted by Crippen LogP contribution is -2.03. The number of pyridine rings is 1. The highest BCUT2D eigenvalue weighted by Gasteiger charge is 2.11. The Bertz CT molecular complexity index is 465. The molecule has 2 heterocycles. The van der Waals surface area contributed by atoms with E-state index in [1.165, 1.54) is 12.5 Å². The molecule has 0 unspecified atom stereocenters. The molecule has 0 bridgehead atoms. The number of carbonyl (C=O) groups is 1. The van der Waals surface area contributed by atoms with Crippen molar-refractivity contribution < 1.29 is 9.21 Å². The van der Waals surface area contributed by atoms with E-state index >= 15 is 0 Å². The highest BCUT2D eigenvalue weighted by atomic mass is 35.5. The molecule has 0 spiro atoms. The van der Waals surface area contributed by atoms with Crippen LogP contribution in [0.2, 0.25) is 5.02 Å². The number of nitrogens with zero attached hydrogens (tertiary/aromatic N) is 1. The van der Waals surface area contributed by atoms with Crippen LogP contribution in [0.15, 0.2) is 41.3 Å². The van der Waals surface area contributed by atoms with Gasteiger partial charge in [0.2, 0.25) is 0 Å². The Morgan fingerprint density at radius 1 is 1.47 bits per heavy atom. The lowest BCUT2D eigenvalue weighted by Gasteiger charge is -2.00. The Morgan fingerprint density at radius 2 is 2.33 bits per heavy atom. The van der Waals surface area contributed by atoms with Gasteiger partial charge in [0.05, 0.1) is 17.7 Å². The molecule has 15 heavy (non-hydrogen) atoms. The Labute approximate surface area is 91.7 Å². The minimum absolute atomic E-state index is 0.0719. The van der Waals surface area contributed by atoms with E-state index in [9.17, 15) is 4.79 Å². The third-order valence-corrected chi connectivity index (χ3v) is 2.29. The van der Waals surface area contributed by atoms with Crippen molar-refractivity contribution in [2.24, 2.45) is 0 Å². The van der Waals surface area contributed by atoms with Crippen molar-refractivity contribution in [1.29, 1.82) is 0 Å². The van der Waals surface area contributed by atoms with Crippen molar-refractivity contribution in [2.75, 3.05) is 0 Å². The van der Waals surface area contributed by atoms with Gasteiger partial charge in [0.1, 0.15) is 5.76 Å². The van der Waals surface area contributed by atoms with Crippen molar-refractivity contribution in [3.05, 3.63) is 53.2 Å². The van der Waals surface area contributed by atoms with Gasteiger partial charge in [0, 0.05) is 18.0 Å². The second-order valence-electron chi connectivity index (χ2n) is 3.03. The average Bonchev–Trinajstić information content (AvgIpc) is 2.71. The van der Waals surface area contributed by atoms with E-state index in [2.05, 4.69) is 4.98 Å². The van der Waals surface area contributed by atoms with Gasteiger partial charge in [0.25, 0.3) is 0 Å². The van der Waals surface area contributed by atoms with Gasteiger partial charge >= 0.3 is 0 Å². The maximum atomic E-state index is 11.8. The van der Waals surface area contributed by atoms with Gasteiger partial charge in [-0.3, -0.25) is 9.78 Å². The molecule has 2 aromatic rings. The standard InChI is InChI=1S/C11H8ClNO2/c12-10-7-13-4-3-9(10)11(14)6-8-2-1-5-15-8/h1-5,7H,6H2. The minimum Gasteiger partial charge on any atom is -0.469 e. The van der Waals surface area contributed by atoms with Crippen LogP contribution in [0, 0.1) is 0 Å². The molecule has 0 fully saturated rings. The summed E-state index contributed by atoms with van der Waals surface area (Å²) in [5.41, 5.74) is 0.475. The Kier molecular flexibility index (Phi) is 2.83. The highest BCUT2D eigenvalue weighted by molar-refractivity contribution is 6.33. The number of ketones is 1. The third kappa shape index (κ3) is 2.25. The molecule has 0 aliphatic rings. The molecule has 76 valence electrons. The molecule has 4 heteroatoms. The monoisotopic (exact) mass is 221 g/mol. The van der Waals surface area contributed by atoms with Crippen LogP contribution < -0.4 is 0 Å². The summed E-state index contributed by atoms with van der Waals surface area (Å²) >= 11 is 5.85. The minimum atomic E-state index is -0.0719. The molecule has 0 atom stereocenters. The van der Waals surface area contributed by atoms with E-state index in [1.54, 1.807) is 24.4 Å². The van der Waals surface area contributed by atoms with E-state index in [0.29, 0.717) is 16.3 Å². The predicted octanol–water partition coefficient (Wildman–Crippen LogP) is 2.75. The van der Waals surface area contributed by atoms with Crippen molar-refractivity contribution in [3.63, 3.8) is 0 Å². The number of aromatic nitrogens is 1. The summed E-state index contributed by atoms with van der Waals surface area (Å²) in [7, 11) is 0. The summed E-state index contributed by atoms with van der Waals surface area (Å²) in [6, 6.07) is 5.11. The molecule has 0 aliphatic carbocycles. The Balaban J connectivity index is 2.19. The number of Topliss-reactive ketones (excluding diaryl/α,β-unsaturated/α-hetero) is 1. The first-order valence-electron chi connectivity index (χ1n) is 4.42. The summed E-state index contributed by atoms with van der Waals surface area (Å²) in [5.74, 6) is 0.560. The largest absolute Gasteiger partial charge is 0.469 e. The quantitative estimate of drug-likeness (QED) is 0.749. The maximum Gasteiger partial charge on any atom is 0.172 e. The van der Waals surface area contributed by atoms with Gasteiger partial charge in [-0.1, -0.05) is 11.6 Å². The van der Waals surface area contributed by atoms with Crippen LogP contribution in [0.5, 0.6) is 0 Å². The molecule has 0 radical (unpaired) electrons. The van der Waals surface area contributed by atoms with E-state index < -0.39 is 0 Å². The number of hydrogen-bond acceptors (Lipinski definition) is 3. The highest BCUT2D eigenvalue weighted by Crippen LogP contribution is 2.16. The molecular weight excluding hydrogens is 214 g/mol. The van der Waals surface area contributed by atoms with Gasteiger partial charge in [-0.2, -0.15) is 0 Å². The first-order valence-corrected chi connectivity index (χ1v) is 4.80. The smallest absolute Gasteiger partial charge is 0.172 e. The fraction of sp³-hybridized carbons (Fsp3) is 0.0909. The molecule has 2 aromatic heterocycles. The van der Waals surface area contributed by atoms with E-state index in [-0.39, 0.29) is 12.2 Å². The topological polar surface area (TPSA) is 43.1 Å². The van der Waals surface area contributed by atoms with Crippen LogP contribution in [0.1, 0.15) is 16.1 Å². The van der Waals surface area contributed by atoms with Gasteiger partial charge in [-0.25, -0.2) is 0 Å². The van der Waals surface area contributed by atoms with Crippen LogP contribution in [0.3, 0.4) is 0 Å². The fourth-order valence-electron chi connectivity index (χ4n) is 1.27. The maximum absolute atomic E-state index is 11.8. The van der Waals surface area contributed by atoms with Crippen molar-refractivity contribution in [2.45, 2.75) is 6.42 Å². The fourth-order valence-corrected chi connectivity index (χ4v) is 1.49. The normalized spacial score (nSPS) is 10.2. The summed E-state index contributed by atoms with van der Waals surface area (Å²) < 4.78 is 5.09. The van der Waals surface area contributed by atoms with Crippen LogP contribution in [0.4, 0.5) is 0 Å². The Hall–Kier alpha value is -1.61. The number of furan rings is 1. The van der Waals surface area contributed by atoms with Gasteiger partial charge in [0.15, 0.2) is 5.78 Å². The number of halogens is 1. The molecule has 0 saturated carbocycles. The number of rotatable bonds is 3. The second kappa shape index (κ2) is 4.28. The molecule has 0 saturated heterocycles. The summed E-state index contributed by atoms with van der Waals surface area (Å²) in [4.78, 5) is 15.6. The zero-order chi connectivity index (χ0) is 10.7. The zero-order valence-corrected chi connectivity index (χ0v) is 8.57. The van der Waals surface area contributed by atoms with E-state index in [1.807, 2.05) is 0 Å². The number of hydrogen-bond donors (Lipinski definition) is 0. The Morgan fingerprint density at radius 3 is 3.00 bits per heavy atom. The van der Waals surface area contributed by atoms with Gasteiger partial charge in [-0.05, 0) is 18.2 Å². The molecule has 0 N–H and O–H groups in total. The van der Waals surface area contributed by atoms with Crippen LogP contribution >= 0.6 is 11.6 Å². The van der Waals surface area contributed by atoms with Crippen LogP contribution in [-0.2, 0) is 6.42 Å². The van der Waals surface area contributed by atoms with Gasteiger partial charge in [-0.15, -0.1) is 0 Å². The van der Waals surface area contributed by atoms with E-state index in [4.69, 9.17) is 16.0 Å². The SMILES string of the molecule is O=C(Cc1ccco1)c1ccncc1Cl. The summed E-state index contributed by atoms with van der Waals surface area (Å²) in [6.45, 7) is 0. The predicted molar refractivity (Wildman–Crippen MR) is 56.0 cm³/mol. The van der Waals surface area contributed by atoms with Crippen LogP contribution in [-0.4, -0.2) is 10.8 Å². The molecular formula is C11H8ClNO2. The molecule has 0 aliphatic heterocycles. The molecule has 0 aromatic carbocycles. The second-order valence-corrected chi connectivity index (χ2v) is 3.44. The summed E-state index contributed by atoms with van der Waals surface area (Å²) in [6.07, 6.45) is 4.76. The van der Waals surface area contributed by atoms with Crippen molar-refractivity contribution in [3.8, 4) is 0 Å². The first-order chi connectivity index (χ1) is 7.27. The van der Waals surface area contributed by atoms with Crippen molar-refractivity contribution in [1.82, 2.24) is 4.98 Å². The third-order valence-electron chi connectivity index (χ3n) is 1.99. The lowest BCUT2D eigenvalue weighted by molar-refractivity contribution is 0.0987. The summed E-state index contributed by atoms with van der Waals surface area (Å²) in [5, 5.41) is 0.369. The molecule has 0 amide bonds. The van der Waals surface area contributed by atoms with E-state index in [0.717, 1.165) is 0 Å². The van der Waals surface area contributed by atoms with Crippen molar-refractivity contribution >= 4 is 17.4 Å². The van der Waals surface area contributed by atoms with Gasteiger partial charge < -0.3 is 4.42 Å². The average molecular weight is 222 g/mol. The number of carbonyl (C=O) groups excluding carboxylic acids is 1. The zero-order valence-electron chi connectivity index (χ0n) is 7.81. The lowest BCUT2D eigenvalue weighted by atomic mass is 10.1. The molecule has 3 nitrogen and oxygen atoms in total. The van der Waals surface area contributed by atoms with Crippen LogP contribution in [0.25, 0.3) is 0 Å².